The van der Waals surface area contributed by atoms with Crippen LogP contribution in [0.3, 0.4) is 0 Å². The Morgan fingerprint density at radius 3 is 2.70 bits per heavy atom. The van der Waals surface area contributed by atoms with Crippen LogP contribution < -0.4 is 5.32 Å². The van der Waals surface area contributed by atoms with Crippen molar-refractivity contribution in [1.82, 2.24) is 5.32 Å². The van der Waals surface area contributed by atoms with Crippen molar-refractivity contribution in [1.29, 1.82) is 0 Å². The molecule has 20 heavy (non-hydrogen) atoms. The quantitative estimate of drug-likeness (QED) is 0.791. The molecule has 0 saturated carbocycles. The summed E-state index contributed by atoms with van der Waals surface area (Å²) in [7, 11) is 0. The van der Waals surface area contributed by atoms with Gasteiger partial charge in [-0.2, -0.15) is 0 Å². The number of carboxylic acid groups (broad SMARTS) is 1. The maximum atomic E-state index is 11.7. The van der Waals surface area contributed by atoms with Crippen LogP contribution >= 0.6 is 23.2 Å². The van der Waals surface area contributed by atoms with Crippen molar-refractivity contribution in [3.63, 3.8) is 0 Å². The zero-order valence-electron chi connectivity index (χ0n) is 10.9. The first-order chi connectivity index (χ1) is 9.43. The van der Waals surface area contributed by atoms with Crippen LogP contribution in [-0.2, 0) is 9.59 Å². The molecular weight excluding hydrogens is 301 g/mol. The number of benzene rings is 1. The van der Waals surface area contributed by atoms with Gasteiger partial charge in [-0.25, -0.2) is 4.79 Å². The highest BCUT2D eigenvalue weighted by Gasteiger charge is 2.17. The fraction of sp³-hybridized carbons (Fsp3) is 0.286. The first-order valence-electron chi connectivity index (χ1n) is 6.10. The van der Waals surface area contributed by atoms with Gasteiger partial charge in [0.25, 0.3) is 0 Å². The molecule has 2 N–H and O–H groups in total. The van der Waals surface area contributed by atoms with Crippen LogP contribution in [0.1, 0.15) is 25.3 Å². The summed E-state index contributed by atoms with van der Waals surface area (Å²) in [4.78, 5) is 22.6. The molecule has 0 unspecified atom stereocenters. The van der Waals surface area contributed by atoms with Crippen LogP contribution in [0.4, 0.5) is 0 Å². The van der Waals surface area contributed by atoms with E-state index in [1.165, 1.54) is 12.2 Å². The third kappa shape index (κ3) is 5.23. The minimum Gasteiger partial charge on any atom is -0.480 e. The van der Waals surface area contributed by atoms with Gasteiger partial charge in [-0.15, -0.1) is 0 Å². The standard InChI is InChI=1S/C14H15Cl2NO3/c1-2-3-12(14(19)20)17-13(18)7-4-9-8-10(15)5-6-11(9)16/h4-8,12H,2-3H2,1H3,(H,17,18)(H,19,20)/b7-4+/t12-/m0/s1. The molecule has 0 aromatic heterocycles. The molecule has 0 fully saturated rings. The summed E-state index contributed by atoms with van der Waals surface area (Å²) in [6.45, 7) is 1.85. The Labute approximate surface area is 127 Å². The van der Waals surface area contributed by atoms with Gasteiger partial charge in [-0.1, -0.05) is 36.5 Å². The number of carbonyl (C=O) groups is 2. The molecule has 0 aliphatic heterocycles. The largest absolute Gasteiger partial charge is 0.480 e. The topological polar surface area (TPSA) is 66.4 Å². The number of carboxylic acids is 1. The van der Waals surface area contributed by atoms with E-state index in [0.29, 0.717) is 28.5 Å². The lowest BCUT2D eigenvalue weighted by Gasteiger charge is -2.11. The minimum absolute atomic E-state index is 0.382. The molecular formula is C14H15Cl2NO3. The van der Waals surface area contributed by atoms with E-state index >= 15 is 0 Å². The number of hydrogen-bond donors (Lipinski definition) is 2. The van der Waals surface area contributed by atoms with Crippen molar-refractivity contribution < 1.29 is 14.7 Å². The van der Waals surface area contributed by atoms with E-state index < -0.39 is 17.9 Å². The normalized spacial score (nSPS) is 12.3. The van der Waals surface area contributed by atoms with Gasteiger partial charge in [0, 0.05) is 16.1 Å². The minimum atomic E-state index is -1.05. The second kappa shape index (κ2) is 7.92. The van der Waals surface area contributed by atoms with Crippen molar-refractivity contribution >= 4 is 41.2 Å². The Hall–Kier alpha value is -1.52. The second-order valence-electron chi connectivity index (χ2n) is 4.19. The molecule has 1 amide bonds. The number of halogens is 2. The van der Waals surface area contributed by atoms with Gasteiger partial charge in [0.15, 0.2) is 0 Å². The molecule has 0 spiro atoms. The van der Waals surface area contributed by atoms with Crippen molar-refractivity contribution in [2.75, 3.05) is 0 Å². The maximum absolute atomic E-state index is 11.7. The van der Waals surface area contributed by atoms with Crippen LogP contribution in [0.5, 0.6) is 0 Å². The van der Waals surface area contributed by atoms with E-state index in [9.17, 15) is 9.59 Å². The summed E-state index contributed by atoms with van der Waals surface area (Å²) in [6, 6.07) is 4.00. The lowest BCUT2D eigenvalue weighted by Crippen LogP contribution is -2.39. The number of nitrogens with one attached hydrogen (secondary N) is 1. The Morgan fingerprint density at radius 2 is 2.10 bits per heavy atom. The molecule has 6 heteroatoms. The molecule has 1 aromatic rings. The van der Waals surface area contributed by atoms with Gasteiger partial charge in [-0.05, 0) is 36.3 Å². The van der Waals surface area contributed by atoms with E-state index in [4.69, 9.17) is 28.3 Å². The summed E-state index contributed by atoms with van der Waals surface area (Å²) < 4.78 is 0. The average molecular weight is 316 g/mol. The summed E-state index contributed by atoms with van der Waals surface area (Å²) >= 11 is 11.8. The molecule has 4 nitrogen and oxygen atoms in total. The van der Waals surface area contributed by atoms with Crippen LogP contribution in [-0.4, -0.2) is 23.0 Å². The fourth-order valence-electron chi connectivity index (χ4n) is 1.57. The van der Waals surface area contributed by atoms with E-state index in [-0.39, 0.29) is 0 Å². The first kappa shape index (κ1) is 16.5. The molecule has 1 atom stereocenters. The molecule has 0 aliphatic rings. The van der Waals surface area contributed by atoms with Gasteiger partial charge in [0.2, 0.25) is 5.91 Å². The number of rotatable bonds is 6. The number of aliphatic carboxylic acids is 1. The summed E-state index contributed by atoms with van der Waals surface area (Å²) in [5.41, 5.74) is 0.594. The average Bonchev–Trinajstić information content (AvgIpc) is 2.39. The molecule has 1 rings (SSSR count). The highest BCUT2D eigenvalue weighted by atomic mass is 35.5. The van der Waals surface area contributed by atoms with Gasteiger partial charge in [-0.3, -0.25) is 4.79 Å². The van der Waals surface area contributed by atoms with E-state index in [0.717, 1.165) is 0 Å². The van der Waals surface area contributed by atoms with Crippen molar-refractivity contribution in [3.8, 4) is 0 Å². The van der Waals surface area contributed by atoms with E-state index in [1.54, 1.807) is 18.2 Å². The van der Waals surface area contributed by atoms with Crippen LogP contribution in [0, 0.1) is 0 Å². The zero-order chi connectivity index (χ0) is 15.1. The Bertz CT molecular complexity index is 529. The molecule has 0 radical (unpaired) electrons. The number of hydrogen-bond acceptors (Lipinski definition) is 2. The Balaban J connectivity index is 2.72. The predicted octanol–water partition coefficient (Wildman–Crippen LogP) is 3.38. The predicted molar refractivity (Wildman–Crippen MR) is 80.0 cm³/mol. The molecule has 108 valence electrons. The maximum Gasteiger partial charge on any atom is 0.326 e. The first-order valence-corrected chi connectivity index (χ1v) is 6.86. The fourth-order valence-corrected chi connectivity index (χ4v) is 1.93. The summed E-state index contributed by atoms with van der Waals surface area (Å²) in [6.07, 6.45) is 3.78. The smallest absolute Gasteiger partial charge is 0.326 e. The highest BCUT2D eigenvalue weighted by Crippen LogP contribution is 2.21. The van der Waals surface area contributed by atoms with Crippen molar-refractivity contribution in [3.05, 3.63) is 39.9 Å². The Morgan fingerprint density at radius 1 is 1.40 bits per heavy atom. The zero-order valence-corrected chi connectivity index (χ0v) is 12.4. The van der Waals surface area contributed by atoms with Crippen LogP contribution in [0.15, 0.2) is 24.3 Å². The number of carbonyl (C=O) groups excluding carboxylic acids is 1. The summed E-state index contributed by atoms with van der Waals surface area (Å²) in [5, 5.41) is 12.3. The lowest BCUT2D eigenvalue weighted by molar-refractivity contribution is -0.141. The SMILES string of the molecule is CCC[C@H](NC(=O)/C=C/c1cc(Cl)ccc1Cl)C(=O)O. The molecule has 0 aliphatic carbocycles. The monoisotopic (exact) mass is 315 g/mol. The highest BCUT2D eigenvalue weighted by molar-refractivity contribution is 6.34. The van der Waals surface area contributed by atoms with E-state index in [1.807, 2.05) is 6.92 Å². The Kier molecular flexibility index (Phi) is 6.55. The summed E-state index contributed by atoms with van der Waals surface area (Å²) in [5.74, 6) is -1.53. The molecule has 1 aromatic carbocycles. The van der Waals surface area contributed by atoms with Gasteiger partial charge < -0.3 is 10.4 Å². The van der Waals surface area contributed by atoms with Gasteiger partial charge in [0.05, 0.1) is 0 Å². The number of amides is 1. The van der Waals surface area contributed by atoms with Gasteiger partial charge in [0.1, 0.15) is 6.04 Å². The van der Waals surface area contributed by atoms with Crippen molar-refractivity contribution in [2.24, 2.45) is 0 Å². The molecule has 0 heterocycles. The second-order valence-corrected chi connectivity index (χ2v) is 5.03. The van der Waals surface area contributed by atoms with Crippen LogP contribution in [0.25, 0.3) is 6.08 Å². The van der Waals surface area contributed by atoms with Gasteiger partial charge >= 0.3 is 5.97 Å². The van der Waals surface area contributed by atoms with Crippen LogP contribution in [0.2, 0.25) is 10.0 Å². The third-order valence-corrected chi connectivity index (χ3v) is 3.14. The van der Waals surface area contributed by atoms with E-state index in [2.05, 4.69) is 5.32 Å². The molecule has 0 bridgehead atoms. The molecule has 0 saturated heterocycles. The lowest BCUT2D eigenvalue weighted by atomic mass is 10.1. The third-order valence-electron chi connectivity index (χ3n) is 2.56. The van der Waals surface area contributed by atoms with Crippen molar-refractivity contribution in [2.45, 2.75) is 25.8 Å².